The molecule has 1 aromatic rings. The molecule has 3 nitrogen and oxygen atoms in total. The zero-order chi connectivity index (χ0) is 13.0. The molecule has 2 fully saturated rings. The van der Waals surface area contributed by atoms with Crippen LogP contribution in [0.4, 0.5) is 0 Å². The number of piperidine rings is 1. The number of aryl methyl sites for hydroxylation is 1. The van der Waals surface area contributed by atoms with Crippen LogP contribution in [0.15, 0.2) is 18.2 Å². The van der Waals surface area contributed by atoms with Gasteiger partial charge in [0.25, 0.3) is 0 Å². The Morgan fingerprint density at radius 2 is 2.16 bits per heavy atom. The number of quaternary nitrogens is 1. The fourth-order valence-electron chi connectivity index (χ4n) is 4.32. The van der Waals surface area contributed by atoms with E-state index in [9.17, 15) is 4.79 Å². The van der Waals surface area contributed by atoms with Crippen LogP contribution in [0.1, 0.15) is 35.2 Å². The van der Waals surface area contributed by atoms with Crippen molar-refractivity contribution in [3.05, 3.63) is 29.3 Å². The molecule has 4 rings (SSSR count). The van der Waals surface area contributed by atoms with Crippen molar-refractivity contribution in [3.8, 4) is 5.75 Å². The minimum Gasteiger partial charge on any atom is -0.488 e. The number of Topliss-reactive ketones (excluding diaryl/α,β-unsaturated/α-hetero) is 1. The Morgan fingerprint density at radius 1 is 1.26 bits per heavy atom. The summed E-state index contributed by atoms with van der Waals surface area (Å²) in [7, 11) is 0. The van der Waals surface area contributed by atoms with Gasteiger partial charge in [0.05, 0.1) is 18.7 Å². The van der Waals surface area contributed by atoms with Crippen LogP contribution in [0.3, 0.4) is 0 Å². The molecule has 100 valence electrons. The highest BCUT2D eigenvalue weighted by molar-refractivity contribution is 6.03. The average molecular weight is 258 g/mol. The van der Waals surface area contributed by atoms with Gasteiger partial charge in [0.15, 0.2) is 5.78 Å². The predicted octanol–water partition coefficient (Wildman–Crippen LogP) is 1.01. The molecule has 0 aromatic heterocycles. The van der Waals surface area contributed by atoms with Gasteiger partial charge in [0.1, 0.15) is 23.8 Å². The van der Waals surface area contributed by atoms with E-state index in [1.807, 2.05) is 25.1 Å². The fraction of sp³-hybridized carbons (Fsp3) is 0.562. The second-order valence-electron chi connectivity index (χ2n) is 6.19. The number of carbonyl (C=O) groups excluding carboxylic acids is 1. The third kappa shape index (κ3) is 1.57. The Hall–Kier alpha value is -1.35. The molecule has 0 aliphatic carbocycles. The summed E-state index contributed by atoms with van der Waals surface area (Å²) in [5, 5.41) is 0. The number of nitrogens with one attached hydrogen (secondary N) is 1. The number of rotatable bonds is 0. The zero-order valence-electron chi connectivity index (χ0n) is 11.3. The first-order chi connectivity index (χ1) is 9.25. The summed E-state index contributed by atoms with van der Waals surface area (Å²) in [6.45, 7) is 4.42. The monoisotopic (exact) mass is 258 g/mol. The zero-order valence-corrected chi connectivity index (χ0v) is 11.3. The van der Waals surface area contributed by atoms with E-state index < -0.39 is 0 Å². The van der Waals surface area contributed by atoms with Crippen molar-refractivity contribution < 1.29 is 14.4 Å². The van der Waals surface area contributed by atoms with Crippen molar-refractivity contribution in [1.29, 1.82) is 0 Å². The first-order valence-electron chi connectivity index (χ1n) is 7.41. The van der Waals surface area contributed by atoms with E-state index in [0.717, 1.165) is 23.3 Å². The van der Waals surface area contributed by atoms with Crippen LogP contribution in [0, 0.1) is 12.8 Å². The summed E-state index contributed by atoms with van der Waals surface area (Å²) in [6, 6.07) is 6.45. The van der Waals surface area contributed by atoms with Crippen LogP contribution >= 0.6 is 0 Å². The summed E-state index contributed by atoms with van der Waals surface area (Å²) in [5.74, 6) is 1.25. The van der Waals surface area contributed by atoms with Gasteiger partial charge in [-0.15, -0.1) is 0 Å². The Bertz CT molecular complexity index is 540. The van der Waals surface area contributed by atoms with E-state index in [1.165, 1.54) is 25.9 Å². The van der Waals surface area contributed by atoms with E-state index >= 15 is 0 Å². The maximum atomic E-state index is 12.9. The Labute approximate surface area is 113 Å². The van der Waals surface area contributed by atoms with Gasteiger partial charge in [-0.05, 0) is 18.6 Å². The van der Waals surface area contributed by atoms with Crippen molar-refractivity contribution in [2.24, 2.45) is 5.92 Å². The summed E-state index contributed by atoms with van der Waals surface area (Å²) in [6.07, 6.45) is 3.59. The van der Waals surface area contributed by atoms with E-state index in [1.54, 1.807) is 4.90 Å². The van der Waals surface area contributed by atoms with Crippen molar-refractivity contribution >= 4 is 5.78 Å². The van der Waals surface area contributed by atoms with Gasteiger partial charge in [-0.2, -0.15) is 0 Å². The van der Waals surface area contributed by atoms with E-state index in [2.05, 4.69) is 0 Å². The van der Waals surface area contributed by atoms with E-state index in [0.29, 0.717) is 11.8 Å². The number of ketones is 1. The molecule has 0 spiro atoms. The molecule has 0 radical (unpaired) electrons. The number of hydrogen-bond donors (Lipinski definition) is 1. The minimum atomic E-state index is 0.0971. The second kappa shape index (κ2) is 4.07. The highest BCUT2D eigenvalue weighted by Gasteiger charge is 2.51. The maximum Gasteiger partial charge on any atom is 0.179 e. The SMILES string of the molecule is Cc1cccc2c1C(=O)[C@H]1[C@H](CC[NH+]3CCC[C@H]13)O2. The lowest BCUT2D eigenvalue weighted by Crippen LogP contribution is -3.16. The fourth-order valence-corrected chi connectivity index (χ4v) is 4.32. The highest BCUT2D eigenvalue weighted by atomic mass is 16.5. The molecule has 1 unspecified atom stereocenters. The first-order valence-corrected chi connectivity index (χ1v) is 7.41. The Kier molecular flexibility index (Phi) is 2.46. The van der Waals surface area contributed by atoms with Gasteiger partial charge in [-0.25, -0.2) is 0 Å². The normalized spacial score (nSPS) is 36.2. The molecule has 0 amide bonds. The molecule has 19 heavy (non-hydrogen) atoms. The molecule has 1 N–H and O–H groups in total. The molecule has 3 heterocycles. The Morgan fingerprint density at radius 3 is 3.05 bits per heavy atom. The summed E-state index contributed by atoms with van der Waals surface area (Å²) < 4.78 is 6.16. The van der Waals surface area contributed by atoms with Crippen molar-refractivity contribution in [3.63, 3.8) is 0 Å². The largest absolute Gasteiger partial charge is 0.488 e. The van der Waals surface area contributed by atoms with Gasteiger partial charge in [0, 0.05) is 19.3 Å². The number of hydrogen-bond acceptors (Lipinski definition) is 2. The maximum absolute atomic E-state index is 12.9. The third-order valence-corrected chi connectivity index (χ3v) is 5.18. The van der Waals surface area contributed by atoms with Gasteiger partial charge in [-0.1, -0.05) is 12.1 Å². The topological polar surface area (TPSA) is 30.7 Å². The average Bonchev–Trinajstić information content (AvgIpc) is 2.86. The summed E-state index contributed by atoms with van der Waals surface area (Å²) in [4.78, 5) is 14.6. The predicted molar refractivity (Wildman–Crippen MR) is 71.8 cm³/mol. The lowest BCUT2D eigenvalue weighted by molar-refractivity contribution is -0.921. The molecule has 3 heteroatoms. The molecule has 1 aromatic carbocycles. The standard InChI is InChI=1S/C16H19NO2/c1-10-4-2-6-12-14(10)16(18)15-11-5-3-8-17(11)9-7-13(15)19-12/h2,4,6,11,13,15H,3,5,7-9H2,1H3/p+1/t11-,13+,15-/m1/s1. The molecule has 4 atom stereocenters. The summed E-state index contributed by atoms with van der Waals surface area (Å²) >= 11 is 0. The van der Waals surface area contributed by atoms with Gasteiger partial charge >= 0.3 is 0 Å². The lowest BCUT2D eigenvalue weighted by Gasteiger charge is -2.41. The molecule has 0 saturated carbocycles. The number of fused-ring (bicyclic) bond motifs is 4. The van der Waals surface area contributed by atoms with Crippen LogP contribution in [0.5, 0.6) is 5.75 Å². The van der Waals surface area contributed by atoms with Crippen molar-refractivity contribution in [1.82, 2.24) is 0 Å². The van der Waals surface area contributed by atoms with Crippen LogP contribution < -0.4 is 9.64 Å². The van der Waals surface area contributed by atoms with Crippen LogP contribution in [-0.2, 0) is 0 Å². The van der Waals surface area contributed by atoms with Gasteiger partial charge < -0.3 is 9.64 Å². The lowest BCUT2D eigenvalue weighted by atomic mass is 9.78. The van der Waals surface area contributed by atoms with Crippen LogP contribution in [-0.4, -0.2) is 31.0 Å². The minimum absolute atomic E-state index is 0.0971. The van der Waals surface area contributed by atoms with E-state index in [4.69, 9.17) is 4.74 Å². The smallest absolute Gasteiger partial charge is 0.179 e. The molecule has 2 saturated heterocycles. The third-order valence-electron chi connectivity index (χ3n) is 5.18. The van der Waals surface area contributed by atoms with Crippen molar-refractivity contribution in [2.45, 2.75) is 38.3 Å². The molecule has 3 aliphatic rings. The van der Waals surface area contributed by atoms with Gasteiger partial charge in [0.2, 0.25) is 0 Å². The van der Waals surface area contributed by atoms with Gasteiger partial charge in [-0.3, -0.25) is 4.79 Å². The number of benzene rings is 1. The summed E-state index contributed by atoms with van der Waals surface area (Å²) in [5.41, 5.74) is 1.91. The number of ether oxygens (including phenoxy) is 1. The second-order valence-corrected chi connectivity index (χ2v) is 6.19. The quantitative estimate of drug-likeness (QED) is 0.753. The van der Waals surface area contributed by atoms with E-state index in [-0.39, 0.29) is 12.0 Å². The molecule has 3 aliphatic heterocycles. The Balaban J connectivity index is 1.79. The molecule has 0 bridgehead atoms. The molecular weight excluding hydrogens is 238 g/mol. The molecular formula is C16H20NO2+. The van der Waals surface area contributed by atoms with Crippen LogP contribution in [0.2, 0.25) is 0 Å². The number of carbonyl (C=O) groups is 1. The first kappa shape index (κ1) is 11.5. The van der Waals surface area contributed by atoms with Crippen LogP contribution in [0.25, 0.3) is 0 Å². The highest BCUT2D eigenvalue weighted by Crippen LogP contribution is 2.37. The van der Waals surface area contributed by atoms with Crippen molar-refractivity contribution in [2.75, 3.05) is 13.1 Å².